The Morgan fingerprint density at radius 2 is 1.88 bits per heavy atom. The molecule has 1 fully saturated rings. The molecule has 1 aliphatic heterocycles. The number of carbonyl (C=O) groups excluding carboxylic acids is 1. The largest absolute Gasteiger partial charge is 0.336 e. The molecule has 1 amide bonds. The first-order valence-electron chi connectivity index (χ1n) is 10.5. The van der Waals surface area contributed by atoms with E-state index in [4.69, 9.17) is 4.52 Å². The van der Waals surface area contributed by atoms with Crippen LogP contribution in [0.15, 0.2) is 59.3 Å². The minimum absolute atomic E-state index is 0.126. The van der Waals surface area contributed by atoms with Gasteiger partial charge in [0.1, 0.15) is 5.82 Å². The van der Waals surface area contributed by atoms with E-state index < -0.39 is 5.82 Å². The summed E-state index contributed by atoms with van der Waals surface area (Å²) in [6.07, 6.45) is 1.79. The van der Waals surface area contributed by atoms with Crippen molar-refractivity contribution in [1.29, 1.82) is 0 Å². The fraction of sp³-hybridized carbons (Fsp3) is 0.250. The van der Waals surface area contributed by atoms with Crippen LogP contribution in [0, 0.1) is 12.7 Å². The SMILES string of the molecule is Cc1noc2nc(-c3ccccc3F)cc(C(=O)N3CCN(Cc4ccccn4)CC3)c12. The molecule has 7 nitrogen and oxygen atoms in total. The van der Waals surface area contributed by atoms with Gasteiger partial charge in [-0.15, -0.1) is 0 Å². The molecule has 0 radical (unpaired) electrons. The number of carbonyl (C=O) groups is 1. The maximum absolute atomic E-state index is 14.4. The summed E-state index contributed by atoms with van der Waals surface area (Å²) in [5.74, 6) is -0.532. The fourth-order valence-corrected chi connectivity index (χ4v) is 4.07. The Morgan fingerprint density at radius 1 is 1.09 bits per heavy atom. The van der Waals surface area contributed by atoms with Gasteiger partial charge in [-0.1, -0.05) is 23.4 Å². The monoisotopic (exact) mass is 431 g/mol. The molecule has 162 valence electrons. The van der Waals surface area contributed by atoms with Crippen LogP contribution in [-0.2, 0) is 6.54 Å². The van der Waals surface area contributed by atoms with Crippen LogP contribution in [0.25, 0.3) is 22.4 Å². The molecule has 0 N–H and O–H groups in total. The number of piperazine rings is 1. The van der Waals surface area contributed by atoms with Crippen molar-refractivity contribution in [1.82, 2.24) is 24.9 Å². The number of aryl methyl sites for hydroxylation is 1. The number of aromatic nitrogens is 3. The van der Waals surface area contributed by atoms with Crippen molar-refractivity contribution in [3.63, 3.8) is 0 Å². The number of fused-ring (bicyclic) bond motifs is 1. The topological polar surface area (TPSA) is 75.4 Å². The first-order valence-corrected chi connectivity index (χ1v) is 10.5. The van der Waals surface area contributed by atoms with Crippen LogP contribution in [0.4, 0.5) is 4.39 Å². The van der Waals surface area contributed by atoms with Crippen molar-refractivity contribution in [2.24, 2.45) is 0 Å². The summed E-state index contributed by atoms with van der Waals surface area (Å²) in [5, 5.41) is 4.56. The van der Waals surface area contributed by atoms with E-state index in [-0.39, 0.29) is 11.6 Å². The zero-order valence-corrected chi connectivity index (χ0v) is 17.7. The number of benzene rings is 1. The van der Waals surface area contributed by atoms with E-state index in [1.54, 1.807) is 37.4 Å². The van der Waals surface area contributed by atoms with Crippen LogP contribution in [0.5, 0.6) is 0 Å². The lowest BCUT2D eigenvalue weighted by Crippen LogP contribution is -2.48. The lowest BCUT2D eigenvalue weighted by Gasteiger charge is -2.34. The number of nitrogens with zero attached hydrogens (tertiary/aromatic N) is 5. The minimum Gasteiger partial charge on any atom is -0.336 e. The molecule has 0 aliphatic carbocycles. The highest BCUT2D eigenvalue weighted by atomic mass is 19.1. The highest BCUT2D eigenvalue weighted by molar-refractivity contribution is 6.07. The molecule has 0 saturated carbocycles. The van der Waals surface area contributed by atoms with Gasteiger partial charge in [-0.2, -0.15) is 0 Å². The quantitative estimate of drug-likeness (QED) is 0.491. The normalized spacial score (nSPS) is 14.8. The van der Waals surface area contributed by atoms with Gasteiger partial charge in [-0.25, -0.2) is 9.37 Å². The Labute approximate surface area is 184 Å². The van der Waals surface area contributed by atoms with Gasteiger partial charge < -0.3 is 9.42 Å². The predicted molar refractivity (Wildman–Crippen MR) is 117 cm³/mol. The standard InChI is InChI=1S/C24H22FN5O2/c1-16-22-19(14-21(27-23(22)32-28-16)18-7-2-3-8-20(18)25)24(31)30-12-10-29(11-13-30)15-17-6-4-5-9-26-17/h2-9,14H,10-13,15H2,1H3. The van der Waals surface area contributed by atoms with Crippen LogP contribution in [0.2, 0.25) is 0 Å². The average molecular weight is 431 g/mol. The highest BCUT2D eigenvalue weighted by Gasteiger charge is 2.27. The Balaban J connectivity index is 1.41. The molecular formula is C24H22FN5O2. The van der Waals surface area contributed by atoms with Crippen LogP contribution in [0.1, 0.15) is 21.7 Å². The van der Waals surface area contributed by atoms with Gasteiger partial charge in [0.2, 0.25) is 0 Å². The van der Waals surface area contributed by atoms with E-state index in [1.807, 2.05) is 23.1 Å². The Morgan fingerprint density at radius 3 is 2.62 bits per heavy atom. The third-order valence-electron chi connectivity index (χ3n) is 5.77. The van der Waals surface area contributed by atoms with E-state index >= 15 is 0 Å². The van der Waals surface area contributed by atoms with Gasteiger partial charge in [0.15, 0.2) is 0 Å². The minimum atomic E-state index is -0.405. The van der Waals surface area contributed by atoms with Gasteiger partial charge >= 0.3 is 0 Å². The summed E-state index contributed by atoms with van der Waals surface area (Å²) in [7, 11) is 0. The molecule has 1 aliphatic rings. The van der Waals surface area contributed by atoms with Crippen LogP contribution in [-0.4, -0.2) is 57.0 Å². The second kappa shape index (κ2) is 8.47. The molecule has 0 atom stereocenters. The molecule has 3 aromatic heterocycles. The van der Waals surface area contributed by atoms with Crippen molar-refractivity contribution in [2.75, 3.05) is 26.2 Å². The zero-order valence-electron chi connectivity index (χ0n) is 17.7. The third-order valence-corrected chi connectivity index (χ3v) is 5.77. The number of hydrogen-bond acceptors (Lipinski definition) is 6. The molecule has 1 saturated heterocycles. The number of rotatable bonds is 4. The second-order valence-electron chi connectivity index (χ2n) is 7.87. The second-order valence-corrected chi connectivity index (χ2v) is 7.87. The lowest BCUT2D eigenvalue weighted by molar-refractivity contribution is 0.0629. The third kappa shape index (κ3) is 3.85. The van der Waals surface area contributed by atoms with Gasteiger partial charge in [0.05, 0.1) is 28.0 Å². The van der Waals surface area contributed by atoms with E-state index in [0.29, 0.717) is 41.0 Å². The molecule has 8 heteroatoms. The van der Waals surface area contributed by atoms with Crippen molar-refractivity contribution in [2.45, 2.75) is 13.5 Å². The molecule has 0 bridgehead atoms. The number of pyridine rings is 2. The molecule has 1 aromatic carbocycles. The van der Waals surface area contributed by atoms with E-state index in [2.05, 4.69) is 20.0 Å². The first kappa shape index (κ1) is 20.3. The summed E-state index contributed by atoms with van der Waals surface area (Å²) < 4.78 is 19.7. The van der Waals surface area contributed by atoms with Gasteiger partial charge in [-0.05, 0) is 37.3 Å². The number of hydrogen-bond donors (Lipinski definition) is 0. The number of amides is 1. The van der Waals surface area contributed by atoms with Gasteiger partial charge in [0, 0.05) is 44.5 Å². The summed E-state index contributed by atoms with van der Waals surface area (Å²) in [4.78, 5) is 26.4. The van der Waals surface area contributed by atoms with Gasteiger partial charge in [0.25, 0.3) is 11.6 Å². The molecule has 4 heterocycles. The van der Waals surface area contributed by atoms with E-state index in [1.165, 1.54) is 6.07 Å². The average Bonchev–Trinajstić information content (AvgIpc) is 3.20. The molecular weight excluding hydrogens is 409 g/mol. The predicted octanol–water partition coefficient (Wildman–Crippen LogP) is 3.69. The maximum Gasteiger partial charge on any atom is 0.259 e. The zero-order chi connectivity index (χ0) is 22.1. The van der Waals surface area contributed by atoms with Gasteiger partial charge in [-0.3, -0.25) is 14.7 Å². The Kier molecular flexibility index (Phi) is 5.36. The van der Waals surface area contributed by atoms with Crippen molar-refractivity contribution >= 4 is 17.0 Å². The van der Waals surface area contributed by atoms with E-state index in [0.717, 1.165) is 25.3 Å². The van der Waals surface area contributed by atoms with Crippen molar-refractivity contribution in [3.8, 4) is 11.3 Å². The maximum atomic E-state index is 14.4. The summed E-state index contributed by atoms with van der Waals surface area (Å²) in [6.45, 7) is 5.21. The van der Waals surface area contributed by atoms with Crippen LogP contribution in [0.3, 0.4) is 0 Å². The Hall–Kier alpha value is -3.65. The number of halogens is 1. The first-order chi connectivity index (χ1) is 15.6. The molecule has 5 rings (SSSR count). The van der Waals surface area contributed by atoms with Crippen molar-refractivity contribution in [3.05, 3.63) is 77.5 Å². The molecule has 0 spiro atoms. The van der Waals surface area contributed by atoms with E-state index in [9.17, 15) is 9.18 Å². The summed E-state index contributed by atoms with van der Waals surface area (Å²) >= 11 is 0. The lowest BCUT2D eigenvalue weighted by atomic mass is 10.0. The smallest absolute Gasteiger partial charge is 0.259 e. The molecule has 0 unspecified atom stereocenters. The van der Waals surface area contributed by atoms with Crippen LogP contribution >= 0.6 is 0 Å². The Bertz CT molecular complexity index is 1270. The fourth-order valence-electron chi connectivity index (χ4n) is 4.07. The van der Waals surface area contributed by atoms with Crippen molar-refractivity contribution < 1.29 is 13.7 Å². The van der Waals surface area contributed by atoms with Crippen LogP contribution < -0.4 is 0 Å². The highest BCUT2D eigenvalue weighted by Crippen LogP contribution is 2.29. The summed E-state index contributed by atoms with van der Waals surface area (Å²) in [6, 6.07) is 13.9. The molecule has 32 heavy (non-hydrogen) atoms. The summed E-state index contributed by atoms with van der Waals surface area (Å²) in [5.41, 5.74) is 2.94. The molecule has 4 aromatic rings.